The standard InChI is InChI=1S/C16H22N4O2/c1-11-8-14(12(2)22-11)9-19-6-4-15(10-19)20-7-5-16(18-20)17-13(3)21/h5,7-8,15H,4,6,9-10H2,1-3H3,(H,17,18,21)/t15-/m1/s1. The smallest absolute Gasteiger partial charge is 0.222 e. The molecule has 2 aromatic heterocycles. The van der Waals surface area contributed by atoms with Crippen LogP contribution < -0.4 is 5.32 Å². The third kappa shape index (κ3) is 3.22. The molecule has 1 saturated heterocycles. The Balaban J connectivity index is 1.61. The van der Waals surface area contributed by atoms with Gasteiger partial charge in [-0.3, -0.25) is 14.4 Å². The zero-order valence-corrected chi connectivity index (χ0v) is 13.3. The number of nitrogens with zero attached hydrogens (tertiary/aromatic N) is 3. The minimum Gasteiger partial charge on any atom is -0.466 e. The van der Waals surface area contributed by atoms with Gasteiger partial charge in [0.2, 0.25) is 5.91 Å². The molecule has 1 amide bonds. The molecular formula is C16H22N4O2. The number of furan rings is 1. The fraction of sp³-hybridized carbons (Fsp3) is 0.500. The average Bonchev–Trinajstić information content (AvgIpc) is 3.11. The van der Waals surface area contributed by atoms with E-state index >= 15 is 0 Å². The number of aromatic nitrogens is 2. The number of rotatable bonds is 4. The molecular weight excluding hydrogens is 280 g/mol. The largest absolute Gasteiger partial charge is 0.466 e. The predicted molar refractivity (Wildman–Crippen MR) is 83.6 cm³/mol. The molecule has 0 saturated carbocycles. The molecule has 6 heteroatoms. The Hall–Kier alpha value is -2.08. The number of nitrogens with one attached hydrogen (secondary N) is 1. The van der Waals surface area contributed by atoms with E-state index in [1.54, 1.807) is 0 Å². The molecule has 0 aromatic carbocycles. The lowest BCUT2D eigenvalue weighted by molar-refractivity contribution is -0.114. The third-order valence-electron chi connectivity index (χ3n) is 4.07. The van der Waals surface area contributed by atoms with Gasteiger partial charge in [0.25, 0.3) is 0 Å². The molecule has 1 fully saturated rings. The molecule has 0 radical (unpaired) electrons. The van der Waals surface area contributed by atoms with E-state index in [4.69, 9.17) is 4.42 Å². The van der Waals surface area contributed by atoms with Crippen molar-refractivity contribution in [2.45, 2.75) is 39.8 Å². The van der Waals surface area contributed by atoms with E-state index in [-0.39, 0.29) is 5.91 Å². The minimum atomic E-state index is -0.0934. The summed E-state index contributed by atoms with van der Waals surface area (Å²) in [5.74, 6) is 2.50. The van der Waals surface area contributed by atoms with Crippen LogP contribution in [-0.2, 0) is 11.3 Å². The third-order valence-corrected chi connectivity index (χ3v) is 4.07. The molecule has 0 aliphatic carbocycles. The molecule has 1 aliphatic heterocycles. The molecule has 118 valence electrons. The quantitative estimate of drug-likeness (QED) is 0.942. The van der Waals surface area contributed by atoms with E-state index in [0.29, 0.717) is 11.9 Å². The topological polar surface area (TPSA) is 63.3 Å². The van der Waals surface area contributed by atoms with Gasteiger partial charge in [0, 0.05) is 44.4 Å². The number of carbonyl (C=O) groups is 1. The van der Waals surface area contributed by atoms with Crippen molar-refractivity contribution in [2.24, 2.45) is 0 Å². The first-order chi connectivity index (χ1) is 10.5. The maximum absolute atomic E-state index is 11.1. The van der Waals surface area contributed by atoms with Gasteiger partial charge in [-0.05, 0) is 26.3 Å². The van der Waals surface area contributed by atoms with Crippen molar-refractivity contribution >= 4 is 11.7 Å². The first-order valence-corrected chi connectivity index (χ1v) is 7.62. The second-order valence-electron chi connectivity index (χ2n) is 5.98. The molecule has 1 atom stereocenters. The number of amides is 1. The van der Waals surface area contributed by atoms with Crippen molar-refractivity contribution in [1.82, 2.24) is 14.7 Å². The highest BCUT2D eigenvalue weighted by Gasteiger charge is 2.25. The number of anilines is 1. The Labute approximate surface area is 130 Å². The van der Waals surface area contributed by atoms with Gasteiger partial charge >= 0.3 is 0 Å². The molecule has 22 heavy (non-hydrogen) atoms. The van der Waals surface area contributed by atoms with Gasteiger partial charge in [0.1, 0.15) is 11.5 Å². The molecule has 3 rings (SSSR count). The van der Waals surface area contributed by atoms with Gasteiger partial charge in [-0.1, -0.05) is 0 Å². The SMILES string of the molecule is CC(=O)Nc1ccn([C@@H]2CCN(Cc3cc(C)oc3C)C2)n1. The van der Waals surface area contributed by atoms with Crippen LogP contribution in [0.5, 0.6) is 0 Å². The normalized spacial score (nSPS) is 18.8. The van der Waals surface area contributed by atoms with Crippen LogP contribution in [0.2, 0.25) is 0 Å². The molecule has 3 heterocycles. The van der Waals surface area contributed by atoms with E-state index in [9.17, 15) is 4.79 Å². The second kappa shape index (κ2) is 5.96. The zero-order chi connectivity index (χ0) is 15.7. The highest BCUT2D eigenvalue weighted by atomic mass is 16.3. The Kier molecular flexibility index (Phi) is 4.02. The summed E-state index contributed by atoms with van der Waals surface area (Å²) in [5.41, 5.74) is 1.26. The Morgan fingerprint density at radius 2 is 2.32 bits per heavy atom. The van der Waals surface area contributed by atoms with Gasteiger partial charge in [0.05, 0.1) is 6.04 Å². The van der Waals surface area contributed by atoms with Crippen LogP contribution in [0.1, 0.15) is 36.5 Å². The molecule has 2 aromatic rings. The van der Waals surface area contributed by atoms with E-state index in [0.717, 1.165) is 37.6 Å². The summed E-state index contributed by atoms with van der Waals surface area (Å²) in [6.07, 6.45) is 3.00. The Bertz CT molecular complexity index is 673. The predicted octanol–water partition coefficient (Wildman–Crippen LogP) is 2.50. The lowest BCUT2D eigenvalue weighted by Gasteiger charge is -2.15. The monoisotopic (exact) mass is 302 g/mol. The van der Waals surface area contributed by atoms with Crippen molar-refractivity contribution in [2.75, 3.05) is 18.4 Å². The van der Waals surface area contributed by atoms with E-state index in [1.807, 2.05) is 30.8 Å². The zero-order valence-electron chi connectivity index (χ0n) is 13.3. The number of aryl methyl sites for hydroxylation is 2. The lowest BCUT2D eigenvalue weighted by Crippen LogP contribution is -2.21. The van der Waals surface area contributed by atoms with E-state index in [2.05, 4.69) is 21.4 Å². The second-order valence-corrected chi connectivity index (χ2v) is 5.98. The van der Waals surface area contributed by atoms with Crippen LogP contribution in [0, 0.1) is 13.8 Å². The maximum Gasteiger partial charge on any atom is 0.222 e. The van der Waals surface area contributed by atoms with Gasteiger partial charge in [-0.15, -0.1) is 0 Å². The summed E-state index contributed by atoms with van der Waals surface area (Å²) in [7, 11) is 0. The highest BCUT2D eigenvalue weighted by Crippen LogP contribution is 2.25. The minimum absolute atomic E-state index is 0.0934. The summed E-state index contributed by atoms with van der Waals surface area (Å²) in [4.78, 5) is 13.5. The van der Waals surface area contributed by atoms with Gasteiger partial charge < -0.3 is 9.73 Å². The first-order valence-electron chi connectivity index (χ1n) is 7.62. The van der Waals surface area contributed by atoms with Crippen molar-refractivity contribution in [3.05, 3.63) is 35.4 Å². The van der Waals surface area contributed by atoms with Gasteiger partial charge in [0.15, 0.2) is 5.82 Å². The van der Waals surface area contributed by atoms with Crippen LogP contribution in [0.3, 0.4) is 0 Å². The molecule has 0 bridgehead atoms. The van der Waals surface area contributed by atoms with E-state index in [1.165, 1.54) is 12.5 Å². The lowest BCUT2D eigenvalue weighted by atomic mass is 10.2. The van der Waals surface area contributed by atoms with Gasteiger partial charge in [-0.25, -0.2) is 0 Å². The van der Waals surface area contributed by atoms with Crippen molar-refractivity contribution in [3.63, 3.8) is 0 Å². The van der Waals surface area contributed by atoms with Crippen LogP contribution in [0.15, 0.2) is 22.7 Å². The summed E-state index contributed by atoms with van der Waals surface area (Å²) in [6, 6.07) is 4.31. The number of carbonyl (C=O) groups excluding carboxylic acids is 1. The summed E-state index contributed by atoms with van der Waals surface area (Å²) < 4.78 is 7.55. The van der Waals surface area contributed by atoms with E-state index < -0.39 is 0 Å². The number of likely N-dealkylation sites (tertiary alicyclic amines) is 1. The molecule has 1 N–H and O–H groups in total. The van der Waals surface area contributed by atoms with Crippen LogP contribution in [-0.4, -0.2) is 33.7 Å². The summed E-state index contributed by atoms with van der Waals surface area (Å²) >= 11 is 0. The summed E-state index contributed by atoms with van der Waals surface area (Å²) in [6.45, 7) is 8.42. The Morgan fingerprint density at radius 3 is 3.00 bits per heavy atom. The van der Waals surface area contributed by atoms with Crippen molar-refractivity contribution in [1.29, 1.82) is 0 Å². The number of hydrogen-bond acceptors (Lipinski definition) is 4. The molecule has 0 spiro atoms. The first kappa shape index (κ1) is 14.8. The molecule has 6 nitrogen and oxygen atoms in total. The van der Waals surface area contributed by atoms with Crippen molar-refractivity contribution < 1.29 is 9.21 Å². The van der Waals surface area contributed by atoms with Gasteiger partial charge in [-0.2, -0.15) is 5.10 Å². The molecule has 1 aliphatic rings. The molecule has 0 unspecified atom stereocenters. The van der Waals surface area contributed by atoms with Crippen LogP contribution >= 0.6 is 0 Å². The summed E-state index contributed by atoms with van der Waals surface area (Å²) in [5, 5.41) is 7.15. The number of hydrogen-bond donors (Lipinski definition) is 1. The fourth-order valence-electron chi connectivity index (χ4n) is 3.04. The average molecular weight is 302 g/mol. The van der Waals surface area contributed by atoms with Crippen LogP contribution in [0.4, 0.5) is 5.82 Å². The Morgan fingerprint density at radius 1 is 1.50 bits per heavy atom. The fourth-order valence-corrected chi connectivity index (χ4v) is 3.04. The highest BCUT2D eigenvalue weighted by molar-refractivity contribution is 5.87. The maximum atomic E-state index is 11.1. The van der Waals surface area contributed by atoms with Crippen LogP contribution in [0.25, 0.3) is 0 Å². The van der Waals surface area contributed by atoms with Crippen molar-refractivity contribution in [3.8, 4) is 0 Å².